The van der Waals surface area contributed by atoms with Crippen molar-refractivity contribution in [3.05, 3.63) is 35.4 Å². The molecule has 1 fully saturated rings. The molecule has 0 bridgehead atoms. The van der Waals surface area contributed by atoms with E-state index in [4.69, 9.17) is 4.74 Å². The van der Waals surface area contributed by atoms with Crippen LogP contribution in [-0.2, 0) is 22.7 Å². The van der Waals surface area contributed by atoms with Crippen molar-refractivity contribution in [3.8, 4) is 0 Å². The molecule has 0 saturated carbocycles. The van der Waals surface area contributed by atoms with Gasteiger partial charge in [-0.1, -0.05) is 24.3 Å². The normalized spacial score (nSPS) is 20.9. The van der Waals surface area contributed by atoms with Gasteiger partial charge in [0, 0.05) is 19.7 Å². The maximum absolute atomic E-state index is 12.3. The van der Waals surface area contributed by atoms with Crippen molar-refractivity contribution in [2.24, 2.45) is 5.41 Å². The fourth-order valence-electron chi connectivity index (χ4n) is 2.48. The minimum absolute atomic E-state index is 0. The standard InChI is InChI=1S/C16H24N2O2.ClH/c1-3-20-11-14-7-5-4-6-13(14)10-18-15(19)16(2)8-9-17-12-16;/h4-7,17H,3,8-12H2,1-2H3,(H,18,19);1H. The molecular formula is C16H25ClN2O2. The molecule has 0 radical (unpaired) electrons. The lowest BCUT2D eigenvalue weighted by molar-refractivity contribution is -0.129. The Bertz CT molecular complexity index is 459. The molecule has 1 amide bonds. The number of hydrogen-bond donors (Lipinski definition) is 2. The number of benzene rings is 1. The third-order valence-electron chi connectivity index (χ3n) is 3.94. The Hall–Kier alpha value is -1.10. The van der Waals surface area contributed by atoms with Crippen molar-refractivity contribution in [1.29, 1.82) is 0 Å². The van der Waals surface area contributed by atoms with Crippen molar-refractivity contribution in [2.75, 3.05) is 19.7 Å². The van der Waals surface area contributed by atoms with E-state index in [1.54, 1.807) is 0 Å². The fraction of sp³-hybridized carbons (Fsp3) is 0.562. The molecule has 1 aliphatic rings. The van der Waals surface area contributed by atoms with Crippen LogP contribution in [0.2, 0.25) is 0 Å². The molecule has 1 aromatic carbocycles. The summed E-state index contributed by atoms with van der Waals surface area (Å²) in [6, 6.07) is 8.09. The molecule has 0 spiro atoms. The molecule has 1 aromatic rings. The summed E-state index contributed by atoms with van der Waals surface area (Å²) < 4.78 is 5.46. The number of amides is 1. The van der Waals surface area contributed by atoms with E-state index in [2.05, 4.69) is 16.7 Å². The summed E-state index contributed by atoms with van der Waals surface area (Å²) in [5, 5.41) is 6.31. The van der Waals surface area contributed by atoms with Crippen LogP contribution in [0.1, 0.15) is 31.4 Å². The Morgan fingerprint density at radius 1 is 1.38 bits per heavy atom. The summed E-state index contributed by atoms with van der Waals surface area (Å²) in [7, 11) is 0. The summed E-state index contributed by atoms with van der Waals surface area (Å²) in [4.78, 5) is 12.3. The third-order valence-corrected chi connectivity index (χ3v) is 3.94. The number of halogens is 1. The Kier molecular flexibility index (Phi) is 7.15. The van der Waals surface area contributed by atoms with E-state index < -0.39 is 0 Å². The van der Waals surface area contributed by atoms with Crippen LogP contribution >= 0.6 is 12.4 Å². The van der Waals surface area contributed by atoms with Crippen molar-refractivity contribution < 1.29 is 9.53 Å². The maximum atomic E-state index is 12.3. The van der Waals surface area contributed by atoms with Gasteiger partial charge in [0.25, 0.3) is 0 Å². The van der Waals surface area contributed by atoms with E-state index in [0.717, 1.165) is 30.6 Å². The number of rotatable bonds is 6. The monoisotopic (exact) mass is 312 g/mol. The first kappa shape index (κ1) is 18.0. The van der Waals surface area contributed by atoms with Gasteiger partial charge in [-0.2, -0.15) is 0 Å². The first-order chi connectivity index (χ1) is 9.65. The van der Waals surface area contributed by atoms with Gasteiger partial charge in [-0.05, 0) is 37.9 Å². The molecule has 1 unspecified atom stereocenters. The van der Waals surface area contributed by atoms with Crippen LogP contribution in [-0.4, -0.2) is 25.6 Å². The molecule has 1 saturated heterocycles. The third kappa shape index (κ3) is 4.70. The summed E-state index contributed by atoms with van der Waals surface area (Å²) in [5.41, 5.74) is 2.00. The smallest absolute Gasteiger partial charge is 0.227 e. The van der Waals surface area contributed by atoms with E-state index in [1.165, 1.54) is 0 Å². The first-order valence-electron chi connectivity index (χ1n) is 7.29. The lowest BCUT2D eigenvalue weighted by Gasteiger charge is -2.22. The van der Waals surface area contributed by atoms with Gasteiger partial charge in [0.15, 0.2) is 0 Å². The van der Waals surface area contributed by atoms with Crippen molar-refractivity contribution in [3.63, 3.8) is 0 Å². The Balaban J connectivity index is 0.00000220. The van der Waals surface area contributed by atoms with Gasteiger partial charge in [-0.15, -0.1) is 12.4 Å². The van der Waals surface area contributed by atoms with Crippen LogP contribution in [0.4, 0.5) is 0 Å². The molecular weight excluding hydrogens is 288 g/mol. The largest absolute Gasteiger partial charge is 0.377 e. The minimum atomic E-state index is -0.269. The molecule has 1 atom stereocenters. The average molecular weight is 313 g/mol. The van der Waals surface area contributed by atoms with Gasteiger partial charge >= 0.3 is 0 Å². The molecule has 0 aromatic heterocycles. The van der Waals surface area contributed by atoms with Crippen LogP contribution < -0.4 is 10.6 Å². The topological polar surface area (TPSA) is 50.4 Å². The predicted molar refractivity (Wildman–Crippen MR) is 86.5 cm³/mol. The van der Waals surface area contributed by atoms with E-state index >= 15 is 0 Å². The van der Waals surface area contributed by atoms with E-state index in [1.807, 2.05) is 32.0 Å². The first-order valence-corrected chi connectivity index (χ1v) is 7.29. The highest BCUT2D eigenvalue weighted by atomic mass is 35.5. The number of carbonyl (C=O) groups is 1. The van der Waals surface area contributed by atoms with Crippen molar-refractivity contribution in [1.82, 2.24) is 10.6 Å². The van der Waals surface area contributed by atoms with Crippen LogP contribution in [0, 0.1) is 5.41 Å². The molecule has 4 nitrogen and oxygen atoms in total. The lowest BCUT2D eigenvalue weighted by Crippen LogP contribution is -2.40. The van der Waals surface area contributed by atoms with Gasteiger partial charge in [0.1, 0.15) is 0 Å². The van der Waals surface area contributed by atoms with Crippen LogP contribution in [0.5, 0.6) is 0 Å². The molecule has 5 heteroatoms. The van der Waals surface area contributed by atoms with Gasteiger partial charge in [-0.25, -0.2) is 0 Å². The molecule has 2 rings (SSSR count). The molecule has 1 aliphatic heterocycles. The van der Waals surface area contributed by atoms with Crippen LogP contribution in [0.25, 0.3) is 0 Å². The summed E-state index contributed by atoms with van der Waals surface area (Å²) in [5.74, 6) is 0.133. The minimum Gasteiger partial charge on any atom is -0.377 e. The second kappa shape index (κ2) is 8.37. The lowest BCUT2D eigenvalue weighted by atomic mass is 9.88. The zero-order chi connectivity index (χ0) is 14.4. The SMILES string of the molecule is CCOCc1ccccc1CNC(=O)C1(C)CCNC1.Cl. The van der Waals surface area contributed by atoms with Gasteiger partial charge < -0.3 is 15.4 Å². The molecule has 0 aliphatic carbocycles. The summed E-state index contributed by atoms with van der Waals surface area (Å²) in [6.45, 7) is 7.56. The number of hydrogen-bond acceptors (Lipinski definition) is 3. The second-order valence-electron chi connectivity index (χ2n) is 5.58. The van der Waals surface area contributed by atoms with Crippen molar-refractivity contribution >= 4 is 18.3 Å². The highest BCUT2D eigenvalue weighted by Crippen LogP contribution is 2.24. The van der Waals surface area contributed by atoms with E-state index in [0.29, 0.717) is 19.8 Å². The highest BCUT2D eigenvalue weighted by Gasteiger charge is 2.35. The molecule has 118 valence electrons. The van der Waals surface area contributed by atoms with Crippen LogP contribution in [0.3, 0.4) is 0 Å². The fourth-order valence-corrected chi connectivity index (χ4v) is 2.48. The number of nitrogens with one attached hydrogen (secondary N) is 2. The Morgan fingerprint density at radius 3 is 2.71 bits per heavy atom. The van der Waals surface area contributed by atoms with E-state index in [-0.39, 0.29) is 23.7 Å². The Labute approximate surface area is 133 Å². The highest BCUT2D eigenvalue weighted by molar-refractivity contribution is 5.85. The maximum Gasteiger partial charge on any atom is 0.227 e. The van der Waals surface area contributed by atoms with Crippen LogP contribution in [0.15, 0.2) is 24.3 Å². The molecule has 1 heterocycles. The van der Waals surface area contributed by atoms with Gasteiger partial charge in [-0.3, -0.25) is 4.79 Å². The number of carbonyl (C=O) groups excluding carboxylic acids is 1. The second-order valence-corrected chi connectivity index (χ2v) is 5.58. The Morgan fingerprint density at radius 2 is 2.10 bits per heavy atom. The number of ether oxygens (including phenoxy) is 1. The van der Waals surface area contributed by atoms with Gasteiger partial charge in [0.2, 0.25) is 5.91 Å². The van der Waals surface area contributed by atoms with E-state index in [9.17, 15) is 4.79 Å². The van der Waals surface area contributed by atoms with Crippen molar-refractivity contribution in [2.45, 2.75) is 33.4 Å². The zero-order valence-electron chi connectivity index (χ0n) is 12.8. The quantitative estimate of drug-likeness (QED) is 0.847. The van der Waals surface area contributed by atoms with Gasteiger partial charge in [0.05, 0.1) is 12.0 Å². The molecule has 21 heavy (non-hydrogen) atoms. The zero-order valence-corrected chi connectivity index (χ0v) is 13.6. The summed E-state index contributed by atoms with van der Waals surface area (Å²) >= 11 is 0. The summed E-state index contributed by atoms with van der Waals surface area (Å²) in [6.07, 6.45) is 0.902. The molecule has 2 N–H and O–H groups in total. The average Bonchev–Trinajstić information content (AvgIpc) is 2.91. The predicted octanol–water partition coefficient (Wildman–Crippen LogP) is 2.26.